The molecule has 130 valence electrons. The molecule has 1 aliphatic rings. The molecule has 0 aromatic heterocycles. The Hall–Kier alpha value is -2.44. The lowest BCUT2D eigenvalue weighted by molar-refractivity contribution is -0.122. The summed E-state index contributed by atoms with van der Waals surface area (Å²) in [6, 6.07) is 7.89. The van der Waals surface area contributed by atoms with Gasteiger partial charge >= 0.3 is 0 Å². The Morgan fingerprint density at radius 3 is 2.56 bits per heavy atom. The van der Waals surface area contributed by atoms with E-state index in [1.807, 2.05) is 0 Å². The minimum Gasteiger partial charge on any atom is -0.494 e. The van der Waals surface area contributed by atoms with Crippen LogP contribution in [-0.2, 0) is 4.79 Å². The highest BCUT2D eigenvalue weighted by Crippen LogP contribution is 2.35. The first-order valence-corrected chi connectivity index (χ1v) is 8.10. The maximum Gasteiger partial charge on any atom is 0.265 e. The van der Waals surface area contributed by atoms with E-state index >= 15 is 0 Å². The predicted octanol–water partition coefficient (Wildman–Crippen LogP) is 3.97. The van der Waals surface area contributed by atoms with E-state index < -0.39 is 12.0 Å². The first-order valence-electron chi connectivity index (χ1n) is 7.35. The van der Waals surface area contributed by atoms with Crippen molar-refractivity contribution < 1.29 is 19.1 Å². The summed E-state index contributed by atoms with van der Waals surface area (Å²) in [5, 5.41) is 5.92. The van der Waals surface area contributed by atoms with Crippen LogP contribution in [0.4, 0.5) is 11.4 Å². The lowest BCUT2D eigenvalue weighted by Crippen LogP contribution is -2.34. The Balaban J connectivity index is 1.82. The smallest absolute Gasteiger partial charge is 0.265 e. The third kappa shape index (κ3) is 3.50. The molecule has 3 rings (SSSR count). The van der Waals surface area contributed by atoms with E-state index in [0.29, 0.717) is 22.9 Å². The molecule has 25 heavy (non-hydrogen) atoms. The van der Waals surface area contributed by atoms with Crippen molar-refractivity contribution in [2.45, 2.75) is 13.0 Å². The fourth-order valence-electron chi connectivity index (χ4n) is 2.38. The van der Waals surface area contributed by atoms with Crippen LogP contribution in [0.15, 0.2) is 30.3 Å². The Bertz CT molecular complexity index is 847. The number of benzene rings is 2. The van der Waals surface area contributed by atoms with E-state index in [9.17, 15) is 9.59 Å². The second-order valence-electron chi connectivity index (χ2n) is 5.39. The zero-order valence-corrected chi connectivity index (χ0v) is 14.9. The van der Waals surface area contributed by atoms with Crippen LogP contribution in [0.5, 0.6) is 11.5 Å². The second-order valence-corrected chi connectivity index (χ2v) is 6.20. The van der Waals surface area contributed by atoms with Crippen LogP contribution in [0.1, 0.15) is 17.3 Å². The van der Waals surface area contributed by atoms with E-state index in [0.717, 1.165) is 0 Å². The number of rotatable bonds is 3. The molecule has 2 amide bonds. The minimum absolute atomic E-state index is 0.236. The third-order valence-electron chi connectivity index (χ3n) is 3.63. The standard InChI is InChI=1S/C17H14Cl2N2O4/c1-8-16(22)21-13-7-10(3-4-14(13)25-8)20-17(23)9-5-11(18)15(24-2)12(19)6-9/h3-8H,1-2H3,(H,20,23)(H,21,22). The third-order valence-corrected chi connectivity index (χ3v) is 4.19. The average Bonchev–Trinajstić information content (AvgIpc) is 2.56. The number of amides is 2. The molecular weight excluding hydrogens is 367 g/mol. The number of nitrogens with one attached hydrogen (secondary N) is 2. The van der Waals surface area contributed by atoms with E-state index in [1.165, 1.54) is 19.2 Å². The van der Waals surface area contributed by atoms with Gasteiger partial charge in [0.25, 0.3) is 11.8 Å². The SMILES string of the molecule is COc1c(Cl)cc(C(=O)Nc2ccc3c(c2)NC(=O)C(C)O3)cc1Cl. The number of methoxy groups -OCH3 is 1. The zero-order valence-electron chi connectivity index (χ0n) is 13.4. The number of carbonyl (C=O) groups excluding carboxylic acids is 2. The van der Waals surface area contributed by atoms with Crippen molar-refractivity contribution in [3.63, 3.8) is 0 Å². The molecule has 2 aromatic rings. The predicted molar refractivity (Wildman–Crippen MR) is 96.1 cm³/mol. The van der Waals surface area contributed by atoms with E-state index in [2.05, 4.69) is 10.6 Å². The van der Waals surface area contributed by atoms with Crippen molar-refractivity contribution in [3.8, 4) is 11.5 Å². The first-order chi connectivity index (χ1) is 11.9. The van der Waals surface area contributed by atoms with E-state index in [4.69, 9.17) is 32.7 Å². The van der Waals surface area contributed by atoms with Crippen LogP contribution in [0.3, 0.4) is 0 Å². The zero-order chi connectivity index (χ0) is 18.1. The van der Waals surface area contributed by atoms with Gasteiger partial charge in [-0.25, -0.2) is 0 Å². The van der Waals surface area contributed by atoms with Crippen molar-refractivity contribution >= 4 is 46.4 Å². The summed E-state index contributed by atoms with van der Waals surface area (Å²) in [5.41, 5.74) is 1.26. The van der Waals surface area contributed by atoms with Gasteiger partial charge in [-0.2, -0.15) is 0 Å². The molecule has 8 heteroatoms. The molecule has 2 N–H and O–H groups in total. The Kier molecular flexibility index (Phi) is 4.74. The van der Waals surface area contributed by atoms with Crippen LogP contribution in [0.25, 0.3) is 0 Å². The molecule has 0 fully saturated rings. The van der Waals surface area contributed by atoms with Crippen molar-refractivity contribution in [3.05, 3.63) is 45.9 Å². The number of ether oxygens (including phenoxy) is 2. The molecule has 1 atom stereocenters. The molecule has 0 spiro atoms. The second kappa shape index (κ2) is 6.82. The van der Waals surface area contributed by atoms with Crippen LogP contribution >= 0.6 is 23.2 Å². The maximum absolute atomic E-state index is 12.4. The summed E-state index contributed by atoms with van der Waals surface area (Å²) in [6.07, 6.45) is -0.559. The summed E-state index contributed by atoms with van der Waals surface area (Å²) in [5.74, 6) is 0.204. The molecule has 1 heterocycles. The highest BCUT2D eigenvalue weighted by Gasteiger charge is 2.23. The van der Waals surface area contributed by atoms with Gasteiger partial charge in [0.05, 0.1) is 22.8 Å². The number of hydrogen-bond donors (Lipinski definition) is 2. The lowest BCUT2D eigenvalue weighted by Gasteiger charge is -2.23. The van der Waals surface area contributed by atoms with Gasteiger partial charge in [-0.15, -0.1) is 0 Å². The van der Waals surface area contributed by atoms with Crippen molar-refractivity contribution in [2.75, 3.05) is 17.7 Å². The fraction of sp³-hybridized carbons (Fsp3) is 0.176. The van der Waals surface area contributed by atoms with Crippen molar-refractivity contribution in [1.29, 1.82) is 0 Å². The minimum atomic E-state index is -0.559. The largest absolute Gasteiger partial charge is 0.494 e. The van der Waals surface area contributed by atoms with Crippen LogP contribution in [0, 0.1) is 0 Å². The molecule has 2 aromatic carbocycles. The molecule has 0 radical (unpaired) electrons. The number of anilines is 2. The quantitative estimate of drug-likeness (QED) is 0.844. The highest BCUT2D eigenvalue weighted by atomic mass is 35.5. The molecule has 6 nitrogen and oxygen atoms in total. The fourth-order valence-corrected chi connectivity index (χ4v) is 3.02. The topological polar surface area (TPSA) is 76.7 Å². The molecule has 1 aliphatic heterocycles. The van der Waals surface area contributed by atoms with Crippen LogP contribution in [-0.4, -0.2) is 25.0 Å². The maximum atomic E-state index is 12.4. The van der Waals surface area contributed by atoms with Crippen molar-refractivity contribution in [2.24, 2.45) is 0 Å². The Morgan fingerprint density at radius 1 is 1.24 bits per heavy atom. The van der Waals surface area contributed by atoms with Crippen molar-refractivity contribution in [1.82, 2.24) is 0 Å². The van der Waals surface area contributed by atoms with Gasteiger partial charge in [-0.3, -0.25) is 9.59 Å². The summed E-state index contributed by atoms with van der Waals surface area (Å²) >= 11 is 12.1. The van der Waals surface area contributed by atoms with Gasteiger partial charge in [0.15, 0.2) is 11.9 Å². The molecular formula is C17H14Cl2N2O4. The lowest BCUT2D eigenvalue weighted by atomic mass is 10.1. The van der Waals surface area contributed by atoms with E-state index in [-0.39, 0.29) is 21.5 Å². The van der Waals surface area contributed by atoms with Gasteiger partial charge in [0.2, 0.25) is 0 Å². The average molecular weight is 381 g/mol. The number of carbonyl (C=O) groups is 2. The normalized spacial score (nSPS) is 15.7. The number of fused-ring (bicyclic) bond motifs is 1. The van der Waals surface area contributed by atoms with Gasteiger partial charge in [0, 0.05) is 11.3 Å². The van der Waals surface area contributed by atoms with Gasteiger partial charge in [-0.05, 0) is 37.3 Å². The Labute approximate surface area is 154 Å². The van der Waals surface area contributed by atoms with Crippen LogP contribution in [0.2, 0.25) is 10.0 Å². The molecule has 0 saturated carbocycles. The monoisotopic (exact) mass is 380 g/mol. The van der Waals surface area contributed by atoms with Gasteiger partial charge < -0.3 is 20.1 Å². The first kappa shape index (κ1) is 17.4. The Morgan fingerprint density at radius 2 is 1.92 bits per heavy atom. The summed E-state index contributed by atoms with van der Waals surface area (Å²) < 4.78 is 10.5. The van der Waals surface area contributed by atoms with Crippen LogP contribution < -0.4 is 20.1 Å². The molecule has 1 unspecified atom stereocenters. The van der Waals surface area contributed by atoms with Gasteiger partial charge in [-0.1, -0.05) is 23.2 Å². The highest BCUT2D eigenvalue weighted by molar-refractivity contribution is 6.37. The molecule has 0 bridgehead atoms. The molecule has 0 saturated heterocycles. The van der Waals surface area contributed by atoms with E-state index in [1.54, 1.807) is 25.1 Å². The number of halogens is 2. The van der Waals surface area contributed by atoms with Gasteiger partial charge in [0.1, 0.15) is 5.75 Å². The molecule has 0 aliphatic carbocycles. The number of hydrogen-bond acceptors (Lipinski definition) is 4. The summed E-state index contributed by atoms with van der Waals surface area (Å²) in [7, 11) is 1.44. The summed E-state index contributed by atoms with van der Waals surface area (Å²) in [4.78, 5) is 24.1. The summed E-state index contributed by atoms with van der Waals surface area (Å²) in [6.45, 7) is 1.66.